The first-order valence-electron chi connectivity index (χ1n) is 6.08. The maximum absolute atomic E-state index is 2.35. The van der Waals surface area contributed by atoms with Crippen LogP contribution < -0.4 is 0 Å². The Morgan fingerprint density at radius 2 is 2.12 bits per heavy atom. The molecule has 0 fully saturated rings. The summed E-state index contributed by atoms with van der Waals surface area (Å²) in [7, 11) is 0. The summed E-state index contributed by atoms with van der Waals surface area (Å²) in [5.41, 5.74) is 5.79. The second kappa shape index (κ2) is 3.79. The van der Waals surface area contributed by atoms with Gasteiger partial charge in [-0.05, 0) is 28.7 Å². The second-order valence-corrected chi connectivity index (χ2v) is 4.58. The fourth-order valence-corrected chi connectivity index (χ4v) is 2.63. The lowest BCUT2D eigenvalue weighted by molar-refractivity contribution is 0.919. The molecule has 3 rings (SSSR count). The van der Waals surface area contributed by atoms with E-state index in [4.69, 9.17) is 0 Å². The van der Waals surface area contributed by atoms with Gasteiger partial charge in [0.15, 0.2) is 0 Å². The summed E-state index contributed by atoms with van der Waals surface area (Å²) in [6.07, 6.45) is 13.5. The molecule has 0 nitrogen and oxygen atoms in total. The summed E-state index contributed by atoms with van der Waals surface area (Å²) in [6, 6.07) is 6.94. The molecule has 0 heteroatoms. The van der Waals surface area contributed by atoms with Crippen molar-refractivity contribution in [3.8, 4) is 0 Å². The molecule has 0 heterocycles. The topological polar surface area (TPSA) is 0 Å². The molecule has 1 atom stereocenters. The molecule has 0 aromatic heterocycles. The fourth-order valence-electron chi connectivity index (χ4n) is 2.63. The van der Waals surface area contributed by atoms with Gasteiger partial charge in [0, 0.05) is 5.92 Å². The van der Waals surface area contributed by atoms with Gasteiger partial charge in [0.25, 0.3) is 0 Å². The highest BCUT2D eigenvalue weighted by Gasteiger charge is 2.22. The summed E-state index contributed by atoms with van der Waals surface area (Å²) in [5.74, 6) is 0.510. The first-order chi connectivity index (χ1) is 7.88. The number of fused-ring (bicyclic) bond motifs is 3. The van der Waals surface area contributed by atoms with E-state index in [1.165, 1.54) is 35.1 Å². The summed E-state index contributed by atoms with van der Waals surface area (Å²) in [6.45, 7) is 2.23. The van der Waals surface area contributed by atoms with Crippen LogP contribution in [0.25, 0.3) is 6.08 Å². The van der Waals surface area contributed by atoms with E-state index in [-0.39, 0.29) is 0 Å². The van der Waals surface area contributed by atoms with Gasteiger partial charge in [0.05, 0.1) is 0 Å². The van der Waals surface area contributed by atoms with Crippen molar-refractivity contribution in [2.75, 3.05) is 0 Å². The number of aryl methyl sites for hydroxylation is 1. The molecule has 0 aliphatic heterocycles. The average molecular weight is 208 g/mol. The molecular formula is C16H16. The third-order valence-corrected chi connectivity index (χ3v) is 3.41. The molecule has 2 aliphatic carbocycles. The Hall–Kier alpha value is -1.56. The van der Waals surface area contributed by atoms with Gasteiger partial charge in [-0.3, -0.25) is 0 Å². The van der Waals surface area contributed by atoms with Gasteiger partial charge < -0.3 is 0 Å². The molecule has 1 aromatic carbocycles. The Kier molecular flexibility index (Phi) is 2.28. The van der Waals surface area contributed by atoms with Gasteiger partial charge in [-0.1, -0.05) is 61.9 Å². The molecule has 0 radical (unpaired) electrons. The van der Waals surface area contributed by atoms with E-state index in [1.807, 2.05) is 0 Å². The van der Waals surface area contributed by atoms with Crippen LogP contribution in [-0.2, 0) is 6.42 Å². The molecule has 1 unspecified atom stereocenters. The van der Waals surface area contributed by atoms with Crippen molar-refractivity contribution in [2.45, 2.75) is 25.7 Å². The SMILES string of the molecule is CCCc1ccc2c(c1)C=C1C=CC=CC12. The van der Waals surface area contributed by atoms with E-state index in [9.17, 15) is 0 Å². The van der Waals surface area contributed by atoms with Crippen LogP contribution in [-0.4, -0.2) is 0 Å². The maximum Gasteiger partial charge on any atom is 0.0278 e. The van der Waals surface area contributed by atoms with Crippen molar-refractivity contribution in [3.05, 3.63) is 64.8 Å². The number of benzene rings is 1. The van der Waals surface area contributed by atoms with Gasteiger partial charge >= 0.3 is 0 Å². The zero-order valence-corrected chi connectivity index (χ0v) is 9.61. The van der Waals surface area contributed by atoms with Crippen molar-refractivity contribution in [1.82, 2.24) is 0 Å². The highest BCUT2D eigenvalue weighted by molar-refractivity contribution is 5.72. The third kappa shape index (κ3) is 1.46. The molecule has 0 amide bonds. The number of hydrogen-bond acceptors (Lipinski definition) is 0. The first-order valence-corrected chi connectivity index (χ1v) is 6.08. The van der Waals surface area contributed by atoms with Gasteiger partial charge in [0.1, 0.15) is 0 Å². The van der Waals surface area contributed by atoms with E-state index < -0.39 is 0 Å². The molecule has 0 saturated carbocycles. The van der Waals surface area contributed by atoms with Gasteiger partial charge in [-0.25, -0.2) is 0 Å². The molecule has 2 aliphatic rings. The maximum atomic E-state index is 2.35. The predicted molar refractivity (Wildman–Crippen MR) is 69.4 cm³/mol. The lowest BCUT2D eigenvalue weighted by Gasteiger charge is -2.12. The summed E-state index contributed by atoms with van der Waals surface area (Å²) in [5, 5.41) is 0. The van der Waals surface area contributed by atoms with Crippen molar-refractivity contribution in [3.63, 3.8) is 0 Å². The number of rotatable bonds is 2. The first kappa shape index (κ1) is 9.65. The molecule has 0 bridgehead atoms. The Balaban J connectivity index is 2.03. The van der Waals surface area contributed by atoms with Crippen LogP contribution in [0, 0.1) is 0 Å². The van der Waals surface area contributed by atoms with Crippen molar-refractivity contribution in [1.29, 1.82) is 0 Å². The fraction of sp³-hybridized carbons (Fsp3) is 0.250. The van der Waals surface area contributed by atoms with Gasteiger partial charge in [-0.15, -0.1) is 0 Å². The van der Waals surface area contributed by atoms with Crippen LogP contribution in [0.4, 0.5) is 0 Å². The van der Waals surface area contributed by atoms with Gasteiger partial charge in [-0.2, -0.15) is 0 Å². The monoisotopic (exact) mass is 208 g/mol. The molecular weight excluding hydrogens is 192 g/mol. The van der Waals surface area contributed by atoms with Crippen LogP contribution in [0.2, 0.25) is 0 Å². The van der Waals surface area contributed by atoms with Crippen LogP contribution >= 0.6 is 0 Å². The summed E-state index contributed by atoms with van der Waals surface area (Å²) >= 11 is 0. The van der Waals surface area contributed by atoms with E-state index in [0.717, 1.165) is 0 Å². The minimum atomic E-state index is 0.510. The Morgan fingerprint density at radius 3 is 3.00 bits per heavy atom. The zero-order valence-electron chi connectivity index (χ0n) is 9.61. The largest absolute Gasteiger partial charge is 0.0726 e. The van der Waals surface area contributed by atoms with Crippen LogP contribution in [0.15, 0.2) is 48.1 Å². The van der Waals surface area contributed by atoms with Crippen molar-refractivity contribution >= 4 is 6.08 Å². The Bertz CT molecular complexity index is 501. The lowest BCUT2D eigenvalue weighted by Crippen LogP contribution is -1.96. The van der Waals surface area contributed by atoms with Crippen molar-refractivity contribution < 1.29 is 0 Å². The molecule has 0 N–H and O–H groups in total. The zero-order chi connectivity index (χ0) is 11.0. The van der Waals surface area contributed by atoms with E-state index in [2.05, 4.69) is 55.5 Å². The summed E-state index contributed by atoms with van der Waals surface area (Å²) in [4.78, 5) is 0. The van der Waals surface area contributed by atoms with Crippen LogP contribution in [0.5, 0.6) is 0 Å². The van der Waals surface area contributed by atoms with Gasteiger partial charge in [0.2, 0.25) is 0 Å². The quantitative estimate of drug-likeness (QED) is 0.681. The van der Waals surface area contributed by atoms with E-state index in [1.54, 1.807) is 0 Å². The van der Waals surface area contributed by atoms with Crippen LogP contribution in [0.3, 0.4) is 0 Å². The minimum Gasteiger partial charge on any atom is -0.0726 e. The normalized spacial score (nSPS) is 20.6. The van der Waals surface area contributed by atoms with Crippen molar-refractivity contribution in [2.24, 2.45) is 0 Å². The molecule has 16 heavy (non-hydrogen) atoms. The number of hydrogen-bond donors (Lipinski definition) is 0. The molecule has 1 aromatic rings. The average Bonchev–Trinajstić information content (AvgIpc) is 2.67. The Morgan fingerprint density at radius 1 is 1.19 bits per heavy atom. The summed E-state index contributed by atoms with van der Waals surface area (Å²) < 4.78 is 0. The van der Waals surface area contributed by atoms with Crippen LogP contribution in [0.1, 0.15) is 36.0 Å². The second-order valence-electron chi connectivity index (χ2n) is 4.58. The molecule has 0 saturated heterocycles. The highest BCUT2D eigenvalue weighted by Crippen LogP contribution is 2.39. The smallest absolute Gasteiger partial charge is 0.0278 e. The minimum absolute atomic E-state index is 0.510. The lowest BCUT2D eigenvalue weighted by atomic mass is 9.92. The highest BCUT2D eigenvalue weighted by atomic mass is 14.3. The standard InChI is InChI=1S/C16H16/c1-2-5-12-8-9-16-14(10-12)11-13-6-3-4-7-15(13)16/h3-4,6-11,15H,2,5H2,1H3. The number of allylic oxidation sites excluding steroid dienone is 5. The van der Waals surface area contributed by atoms with E-state index in [0.29, 0.717) is 5.92 Å². The predicted octanol–water partition coefficient (Wildman–Crippen LogP) is 4.25. The third-order valence-electron chi connectivity index (χ3n) is 3.41. The Labute approximate surface area is 97.0 Å². The molecule has 0 spiro atoms. The van der Waals surface area contributed by atoms with E-state index >= 15 is 0 Å². The molecule has 80 valence electrons.